The first-order valence-corrected chi connectivity index (χ1v) is 15.2. The van der Waals surface area contributed by atoms with Crippen LogP contribution >= 0.6 is 0 Å². The number of ether oxygens (including phenoxy) is 2. The number of carbonyl (C=O) groups is 2. The van der Waals surface area contributed by atoms with Crippen molar-refractivity contribution in [3.05, 3.63) is 89.7 Å². The zero-order valence-electron chi connectivity index (χ0n) is 28.0. The number of benzene rings is 3. The van der Waals surface area contributed by atoms with E-state index < -0.39 is 16.4 Å². The van der Waals surface area contributed by atoms with E-state index in [4.69, 9.17) is 19.7 Å². The van der Waals surface area contributed by atoms with Crippen molar-refractivity contribution in [3.8, 4) is 17.2 Å². The van der Waals surface area contributed by atoms with Crippen LogP contribution in [0.25, 0.3) is 0 Å². The molecule has 3 aromatic rings. The molecule has 3 rings (SSSR count). The molecule has 6 nitrogen and oxygen atoms in total. The standard InChI is InChI=1S/C15H21FO2.C12H16O3.C10H14O/c1-6-14(2,3)13(17)18-15(4,5)11-7-9-12(16)10-8-11;1-4-12(2,3)11(14)15-10-7-5-9(13)6-8-10;1-3-8(2)9-4-6-10(11)7-5-9/h7-10H,6H2,1-5H3;5-8,13H,4H2,1-3H3;4-8,11H,3H2,1-2H3. The monoisotopic (exact) mass is 610 g/mol. The lowest BCUT2D eigenvalue weighted by Crippen LogP contribution is -2.33. The van der Waals surface area contributed by atoms with E-state index >= 15 is 0 Å². The second kappa shape index (κ2) is 16.8. The molecule has 0 aliphatic rings. The fraction of sp³-hybridized carbons (Fsp3) is 0.459. The van der Waals surface area contributed by atoms with Gasteiger partial charge in [0.2, 0.25) is 0 Å². The molecule has 0 radical (unpaired) electrons. The Kier molecular flexibility index (Phi) is 14.6. The lowest BCUT2D eigenvalue weighted by Gasteiger charge is -2.30. The van der Waals surface area contributed by atoms with Crippen LogP contribution in [0.1, 0.15) is 106 Å². The minimum Gasteiger partial charge on any atom is -0.508 e. The van der Waals surface area contributed by atoms with Crippen molar-refractivity contribution in [3.63, 3.8) is 0 Å². The van der Waals surface area contributed by atoms with Crippen molar-refractivity contribution in [2.24, 2.45) is 10.8 Å². The Balaban J connectivity index is 0.000000339. The highest BCUT2D eigenvalue weighted by atomic mass is 19.1. The zero-order chi connectivity index (χ0) is 33.7. The summed E-state index contributed by atoms with van der Waals surface area (Å²) in [5.41, 5.74) is 0.348. The second-order valence-electron chi connectivity index (χ2n) is 12.7. The van der Waals surface area contributed by atoms with Gasteiger partial charge in [-0.05, 0) is 126 Å². The molecular formula is C37H51FO6. The lowest BCUT2D eigenvalue weighted by molar-refractivity contribution is -0.168. The SMILES string of the molecule is CCC(C)(C)C(=O)OC(C)(C)c1ccc(F)cc1.CCC(C)(C)C(=O)Oc1ccc(O)cc1.CCC(C)c1ccc(O)cc1. The summed E-state index contributed by atoms with van der Waals surface area (Å²) in [5.74, 6) is 0.765. The van der Waals surface area contributed by atoms with E-state index in [0.29, 0.717) is 23.8 Å². The minimum absolute atomic E-state index is 0.157. The molecule has 242 valence electrons. The number of phenols is 2. The summed E-state index contributed by atoms with van der Waals surface area (Å²) in [6.07, 6.45) is 2.58. The number of rotatable bonds is 9. The minimum atomic E-state index is -0.753. The molecule has 3 aromatic carbocycles. The van der Waals surface area contributed by atoms with Crippen LogP contribution < -0.4 is 4.74 Å². The van der Waals surface area contributed by atoms with Crippen molar-refractivity contribution in [1.82, 2.24) is 0 Å². The normalized spacial score (nSPS) is 12.1. The summed E-state index contributed by atoms with van der Waals surface area (Å²) < 4.78 is 23.6. The summed E-state index contributed by atoms with van der Waals surface area (Å²) in [6, 6.07) is 19.6. The summed E-state index contributed by atoms with van der Waals surface area (Å²) in [6.45, 7) is 19.3. The van der Waals surface area contributed by atoms with Gasteiger partial charge in [-0.3, -0.25) is 9.59 Å². The highest BCUT2D eigenvalue weighted by molar-refractivity contribution is 5.78. The predicted molar refractivity (Wildman–Crippen MR) is 174 cm³/mol. The van der Waals surface area contributed by atoms with Gasteiger partial charge >= 0.3 is 11.9 Å². The molecule has 0 bridgehead atoms. The van der Waals surface area contributed by atoms with E-state index in [-0.39, 0.29) is 23.5 Å². The molecule has 0 saturated heterocycles. The van der Waals surface area contributed by atoms with Crippen LogP contribution in [0.4, 0.5) is 4.39 Å². The number of phenolic OH excluding ortho intramolecular Hbond substituents is 2. The van der Waals surface area contributed by atoms with Gasteiger partial charge in [0.15, 0.2) is 0 Å². The molecule has 7 heteroatoms. The van der Waals surface area contributed by atoms with Gasteiger partial charge in [-0.1, -0.05) is 52.0 Å². The summed E-state index contributed by atoms with van der Waals surface area (Å²) in [4.78, 5) is 23.7. The summed E-state index contributed by atoms with van der Waals surface area (Å²) in [5, 5.41) is 18.1. The van der Waals surface area contributed by atoms with E-state index in [1.54, 1.807) is 36.4 Å². The largest absolute Gasteiger partial charge is 0.508 e. The first-order valence-electron chi connectivity index (χ1n) is 15.2. The Morgan fingerprint density at radius 2 is 1.14 bits per heavy atom. The number of carbonyl (C=O) groups excluding carboxylic acids is 2. The number of hydrogen-bond donors (Lipinski definition) is 2. The highest BCUT2D eigenvalue weighted by Gasteiger charge is 2.33. The molecule has 0 heterocycles. The van der Waals surface area contributed by atoms with Crippen LogP contribution in [0.2, 0.25) is 0 Å². The van der Waals surface area contributed by atoms with Gasteiger partial charge in [0.05, 0.1) is 10.8 Å². The third-order valence-electron chi connectivity index (χ3n) is 7.88. The molecule has 0 saturated carbocycles. The van der Waals surface area contributed by atoms with Gasteiger partial charge in [0, 0.05) is 0 Å². The smallest absolute Gasteiger partial charge is 0.316 e. The van der Waals surface area contributed by atoms with Gasteiger partial charge in [-0.25, -0.2) is 4.39 Å². The van der Waals surface area contributed by atoms with Crippen LogP contribution in [0.3, 0.4) is 0 Å². The maximum absolute atomic E-state index is 12.9. The van der Waals surface area contributed by atoms with Crippen molar-refractivity contribution < 1.29 is 33.7 Å². The average molecular weight is 611 g/mol. The average Bonchev–Trinajstić information content (AvgIpc) is 2.98. The molecular weight excluding hydrogens is 559 g/mol. The molecule has 0 spiro atoms. The predicted octanol–water partition coefficient (Wildman–Crippen LogP) is 9.68. The van der Waals surface area contributed by atoms with Gasteiger partial charge in [0.1, 0.15) is 28.7 Å². The lowest BCUT2D eigenvalue weighted by atomic mass is 9.89. The van der Waals surface area contributed by atoms with Crippen LogP contribution in [0.15, 0.2) is 72.8 Å². The van der Waals surface area contributed by atoms with E-state index in [2.05, 4.69) is 13.8 Å². The number of hydrogen-bond acceptors (Lipinski definition) is 6. The maximum Gasteiger partial charge on any atom is 0.316 e. The molecule has 0 aliphatic heterocycles. The molecule has 0 amide bonds. The quantitative estimate of drug-likeness (QED) is 0.185. The Hall–Kier alpha value is -3.87. The molecule has 44 heavy (non-hydrogen) atoms. The number of aromatic hydroxyl groups is 2. The van der Waals surface area contributed by atoms with Gasteiger partial charge in [-0.15, -0.1) is 0 Å². The molecule has 0 aliphatic carbocycles. The van der Waals surface area contributed by atoms with Crippen molar-refractivity contribution in [1.29, 1.82) is 0 Å². The van der Waals surface area contributed by atoms with Crippen LogP contribution in [-0.2, 0) is 19.9 Å². The fourth-order valence-corrected chi connectivity index (χ4v) is 3.37. The Bertz CT molecular complexity index is 1290. The molecule has 0 aromatic heterocycles. The molecule has 1 atom stereocenters. The van der Waals surface area contributed by atoms with Gasteiger partial charge < -0.3 is 19.7 Å². The zero-order valence-corrected chi connectivity index (χ0v) is 28.0. The fourth-order valence-electron chi connectivity index (χ4n) is 3.37. The van der Waals surface area contributed by atoms with Crippen LogP contribution in [0, 0.1) is 16.6 Å². The highest BCUT2D eigenvalue weighted by Crippen LogP contribution is 2.31. The molecule has 0 fully saturated rings. The summed E-state index contributed by atoms with van der Waals surface area (Å²) >= 11 is 0. The second-order valence-corrected chi connectivity index (χ2v) is 12.7. The molecule has 2 N–H and O–H groups in total. The van der Waals surface area contributed by atoms with E-state index in [0.717, 1.165) is 18.4 Å². The Morgan fingerprint density at radius 3 is 1.57 bits per heavy atom. The third kappa shape index (κ3) is 12.4. The van der Waals surface area contributed by atoms with Crippen LogP contribution in [-0.4, -0.2) is 22.2 Å². The van der Waals surface area contributed by atoms with Crippen molar-refractivity contribution in [2.45, 2.75) is 100 Å². The third-order valence-corrected chi connectivity index (χ3v) is 7.88. The topological polar surface area (TPSA) is 93.1 Å². The number of esters is 2. The maximum atomic E-state index is 12.9. The van der Waals surface area contributed by atoms with Crippen molar-refractivity contribution >= 4 is 11.9 Å². The van der Waals surface area contributed by atoms with Gasteiger partial charge in [0.25, 0.3) is 0 Å². The first-order chi connectivity index (χ1) is 20.4. The summed E-state index contributed by atoms with van der Waals surface area (Å²) in [7, 11) is 0. The van der Waals surface area contributed by atoms with Crippen LogP contribution in [0.5, 0.6) is 17.2 Å². The number of halogens is 1. The first kappa shape index (κ1) is 38.2. The Labute approximate surface area is 263 Å². The Morgan fingerprint density at radius 1 is 0.705 bits per heavy atom. The van der Waals surface area contributed by atoms with E-state index in [9.17, 15) is 14.0 Å². The van der Waals surface area contributed by atoms with Crippen molar-refractivity contribution in [2.75, 3.05) is 0 Å². The van der Waals surface area contributed by atoms with Gasteiger partial charge in [-0.2, -0.15) is 0 Å². The van der Waals surface area contributed by atoms with E-state index in [1.807, 2.05) is 67.5 Å². The molecule has 1 unspecified atom stereocenters. The van der Waals surface area contributed by atoms with E-state index in [1.165, 1.54) is 29.8 Å².